The summed E-state index contributed by atoms with van der Waals surface area (Å²) in [4.78, 5) is 16.3. The Hall–Kier alpha value is -1.43. The van der Waals surface area contributed by atoms with Gasteiger partial charge in [0.15, 0.2) is 0 Å². The number of amides is 1. The Kier molecular flexibility index (Phi) is 5.11. The number of hydrogen-bond donors (Lipinski definition) is 2. The minimum absolute atomic E-state index is 0.165. The van der Waals surface area contributed by atoms with Crippen LogP contribution in [-0.4, -0.2) is 30.5 Å². The van der Waals surface area contributed by atoms with Crippen LogP contribution in [0, 0.1) is 0 Å². The van der Waals surface area contributed by atoms with E-state index in [0.717, 1.165) is 10.6 Å². The highest BCUT2D eigenvalue weighted by molar-refractivity contribution is 7.13. The van der Waals surface area contributed by atoms with Crippen LogP contribution in [0.4, 0.5) is 0 Å². The van der Waals surface area contributed by atoms with Crippen LogP contribution in [-0.2, 0) is 0 Å². The molecule has 20 heavy (non-hydrogen) atoms. The second-order valence-corrected chi connectivity index (χ2v) is 5.68. The van der Waals surface area contributed by atoms with Crippen LogP contribution in [0.2, 0.25) is 5.02 Å². The van der Waals surface area contributed by atoms with Gasteiger partial charge < -0.3 is 10.6 Å². The van der Waals surface area contributed by atoms with Gasteiger partial charge in [-0.15, -0.1) is 11.3 Å². The smallest absolute Gasteiger partial charge is 0.270 e. The standard InChI is InChI=1S/C14H16ClN3OS/c1-9(16-2)7-17-13(19)12-8-20-14(18-12)10-5-3-4-6-11(10)15/h3-6,8-9,16H,7H2,1-2H3,(H,17,19). The molecule has 6 heteroatoms. The van der Waals surface area contributed by atoms with Gasteiger partial charge >= 0.3 is 0 Å². The summed E-state index contributed by atoms with van der Waals surface area (Å²) in [6.45, 7) is 2.56. The number of nitrogens with zero attached hydrogens (tertiary/aromatic N) is 1. The zero-order valence-corrected chi connectivity index (χ0v) is 12.9. The molecule has 2 rings (SSSR count). The average molecular weight is 310 g/mol. The number of hydrogen-bond acceptors (Lipinski definition) is 4. The summed E-state index contributed by atoms with van der Waals surface area (Å²) in [5.74, 6) is -0.165. The van der Waals surface area contributed by atoms with Crippen molar-refractivity contribution < 1.29 is 4.79 Å². The molecule has 0 radical (unpaired) electrons. The fourth-order valence-corrected chi connectivity index (χ4v) is 2.70. The number of benzene rings is 1. The number of thiazole rings is 1. The van der Waals surface area contributed by atoms with E-state index in [1.165, 1.54) is 11.3 Å². The first kappa shape index (κ1) is 15.0. The maximum Gasteiger partial charge on any atom is 0.270 e. The van der Waals surface area contributed by atoms with Crippen molar-refractivity contribution in [2.75, 3.05) is 13.6 Å². The van der Waals surface area contributed by atoms with Crippen LogP contribution >= 0.6 is 22.9 Å². The SMILES string of the molecule is CNC(C)CNC(=O)c1csc(-c2ccccc2Cl)n1. The maximum atomic E-state index is 12.0. The molecule has 2 N–H and O–H groups in total. The lowest BCUT2D eigenvalue weighted by atomic mass is 10.2. The van der Waals surface area contributed by atoms with E-state index in [-0.39, 0.29) is 11.9 Å². The summed E-state index contributed by atoms with van der Waals surface area (Å²) in [5, 5.41) is 9.04. The summed E-state index contributed by atoms with van der Waals surface area (Å²) in [7, 11) is 1.86. The zero-order chi connectivity index (χ0) is 14.5. The van der Waals surface area contributed by atoms with Crippen LogP contribution < -0.4 is 10.6 Å². The lowest BCUT2D eigenvalue weighted by Gasteiger charge is -2.10. The predicted molar refractivity (Wildman–Crippen MR) is 83.4 cm³/mol. The third-order valence-electron chi connectivity index (χ3n) is 2.90. The Bertz CT molecular complexity index is 600. The number of nitrogens with one attached hydrogen (secondary N) is 2. The number of carbonyl (C=O) groups excluding carboxylic acids is 1. The summed E-state index contributed by atoms with van der Waals surface area (Å²) in [5.41, 5.74) is 1.27. The lowest BCUT2D eigenvalue weighted by molar-refractivity contribution is 0.0946. The van der Waals surface area contributed by atoms with Crippen molar-refractivity contribution in [2.24, 2.45) is 0 Å². The summed E-state index contributed by atoms with van der Waals surface area (Å²) >= 11 is 7.54. The first-order valence-electron chi connectivity index (χ1n) is 6.27. The Labute approximate surface area is 127 Å². The van der Waals surface area contributed by atoms with Gasteiger partial charge in [0.25, 0.3) is 5.91 Å². The van der Waals surface area contributed by atoms with Gasteiger partial charge in [0.05, 0.1) is 5.02 Å². The molecule has 1 aromatic heterocycles. The van der Waals surface area contributed by atoms with Gasteiger partial charge in [-0.05, 0) is 20.0 Å². The third kappa shape index (κ3) is 3.56. The molecular weight excluding hydrogens is 294 g/mol. The van der Waals surface area contributed by atoms with Gasteiger partial charge in [-0.25, -0.2) is 4.98 Å². The molecule has 2 aromatic rings. The number of rotatable bonds is 5. The van der Waals surface area contributed by atoms with Gasteiger partial charge in [0.2, 0.25) is 0 Å². The van der Waals surface area contributed by atoms with Crippen molar-refractivity contribution >= 4 is 28.8 Å². The fraction of sp³-hybridized carbons (Fsp3) is 0.286. The molecule has 0 aliphatic heterocycles. The van der Waals surface area contributed by atoms with E-state index >= 15 is 0 Å². The number of aromatic nitrogens is 1. The normalized spacial score (nSPS) is 12.2. The zero-order valence-electron chi connectivity index (χ0n) is 11.3. The van der Waals surface area contributed by atoms with Crippen LogP contribution in [0.3, 0.4) is 0 Å². The Morgan fingerprint density at radius 3 is 2.90 bits per heavy atom. The molecule has 0 aliphatic rings. The molecule has 1 amide bonds. The second-order valence-electron chi connectivity index (χ2n) is 4.42. The van der Waals surface area contributed by atoms with Crippen molar-refractivity contribution in [3.05, 3.63) is 40.4 Å². The minimum Gasteiger partial charge on any atom is -0.349 e. The first-order valence-corrected chi connectivity index (χ1v) is 7.53. The molecular formula is C14H16ClN3OS. The van der Waals surface area contributed by atoms with Crippen LogP contribution in [0.5, 0.6) is 0 Å². The molecule has 0 saturated heterocycles. The van der Waals surface area contributed by atoms with Crippen LogP contribution in [0.1, 0.15) is 17.4 Å². The van der Waals surface area contributed by atoms with E-state index in [9.17, 15) is 4.79 Å². The van der Waals surface area contributed by atoms with Crippen LogP contribution in [0.25, 0.3) is 10.6 Å². The van der Waals surface area contributed by atoms with E-state index in [4.69, 9.17) is 11.6 Å². The largest absolute Gasteiger partial charge is 0.349 e. The first-order chi connectivity index (χ1) is 9.61. The van der Waals surface area contributed by atoms with Crippen molar-refractivity contribution in [3.8, 4) is 10.6 Å². The second kappa shape index (κ2) is 6.83. The van der Waals surface area contributed by atoms with Crippen LogP contribution in [0.15, 0.2) is 29.6 Å². The van der Waals surface area contributed by atoms with Crippen molar-refractivity contribution in [1.29, 1.82) is 0 Å². The summed E-state index contributed by atoms with van der Waals surface area (Å²) in [6.07, 6.45) is 0. The highest BCUT2D eigenvalue weighted by Crippen LogP contribution is 2.29. The summed E-state index contributed by atoms with van der Waals surface area (Å²) in [6, 6.07) is 7.70. The van der Waals surface area contributed by atoms with E-state index in [1.54, 1.807) is 5.38 Å². The van der Waals surface area contributed by atoms with Crippen molar-refractivity contribution in [1.82, 2.24) is 15.6 Å². The van der Waals surface area contributed by atoms with Crippen molar-refractivity contribution in [3.63, 3.8) is 0 Å². The van der Waals surface area contributed by atoms with Gasteiger partial charge in [-0.2, -0.15) is 0 Å². The molecule has 0 saturated carbocycles. The van der Waals surface area contributed by atoms with E-state index in [1.807, 2.05) is 38.2 Å². The van der Waals surface area contributed by atoms with Gasteiger partial charge in [-0.3, -0.25) is 4.79 Å². The van der Waals surface area contributed by atoms with Gasteiger partial charge in [0.1, 0.15) is 10.7 Å². The van der Waals surface area contributed by atoms with E-state index in [2.05, 4.69) is 15.6 Å². The molecule has 0 fully saturated rings. The quantitative estimate of drug-likeness (QED) is 0.893. The van der Waals surface area contributed by atoms with Gasteiger partial charge in [0, 0.05) is 23.5 Å². The lowest BCUT2D eigenvalue weighted by Crippen LogP contribution is -2.37. The Morgan fingerprint density at radius 1 is 1.45 bits per heavy atom. The molecule has 1 heterocycles. The van der Waals surface area contributed by atoms with E-state index < -0.39 is 0 Å². The molecule has 106 valence electrons. The highest BCUT2D eigenvalue weighted by atomic mass is 35.5. The number of carbonyl (C=O) groups is 1. The molecule has 1 aromatic carbocycles. The highest BCUT2D eigenvalue weighted by Gasteiger charge is 2.13. The number of likely N-dealkylation sites (N-methyl/N-ethyl adjacent to an activating group) is 1. The molecule has 0 aliphatic carbocycles. The monoisotopic (exact) mass is 309 g/mol. The fourth-order valence-electron chi connectivity index (χ4n) is 1.57. The molecule has 4 nitrogen and oxygen atoms in total. The predicted octanol–water partition coefficient (Wildman–Crippen LogP) is 2.80. The third-order valence-corrected chi connectivity index (χ3v) is 4.11. The Morgan fingerprint density at radius 2 is 2.20 bits per heavy atom. The Balaban J connectivity index is 2.09. The molecule has 1 atom stereocenters. The van der Waals surface area contributed by atoms with Crippen molar-refractivity contribution in [2.45, 2.75) is 13.0 Å². The topological polar surface area (TPSA) is 54.0 Å². The molecule has 1 unspecified atom stereocenters. The number of halogens is 1. The van der Waals surface area contributed by atoms with E-state index in [0.29, 0.717) is 17.3 Å². The summed E-state index contributed by atoms with van der Waals surface area (Å²) < 4.78 is 0. The molecule has 0 spiro atoms. The van der Waals surface area contributed by atoms with Gasteiger partial charge in [-0.1, -0.05) is 29.8 Å². The minimum atomic E-state index is -0.165. The maximum absolute atomic E-state index is 12.0. The molecule has 0 bridgehead atoms. The average Bonchev–Trinajstić information content (AvgIpc) is 2.94.